The van der Waals surface area contributed by atoms with Crippen LogP contribution in [0.3, 0.4) is 0 Å². The molecule has 0 aliphatic heterocycles. The Kier molecular flexibility index (Phi) is 9.03. The molecule has 4 aromatic rings. The van der Waals surface area contributed by atoms with Gasteiger partial charge >= 0.3 is 12.1 Å². The molecule has 1 heterocycles. The maximum atomic E-state index is 12.8. The standard InChI is InChI=1S/C30H28N4O6/c1-19-26(34-30(38)40-20(2)21-9-5-3-6-10-21)27(32-18-31-19)22-13-15-23(16-14-22)28(35)33-25(29(36)37)17-39-24-11-7-4-8-12-24/h3-16,18,20,25H,17H2,1-2H3,(H,33,35)(H,34,38)(H,36,37). The number of carbonyl (C=O) groups excluding carboxylic acids is 2. The summed E-state index contributed by atoms with van der Waals surface area (Å²) in [5, 5.41) is 14.7. The molecule has 2 atom stereocenters. The summed E-state index contributed by atoms with van der Waals surface area (Å²) in [6.07, 6.45) is 0.238. The van der Waals surface area contributed by atoms with Crippen molar-refractivity contribution in [2.75, 3.05) is 11.9 Å². The Labute approximate surface area is 231 Å². The number of anilines is 1. The van der Waals surface area contributed by atoms with E-state index in [9.17, 15) is 19.5 Å². The van der Waals surface area contributed by atoms with Gasteiger partial charge in [0.05, 0.1) is 17.1 Å². The summed E-state index contributed by atoms with van der Waals surface area (Å²) in [7, 11) is 0. The third-order valence-electron chi connectivity index (χ3n) is 6.00. The largest absolute Gasteiger partial charge is 0.491 e. The van der Waals surface area contributed by atoms with Crippen molar-refractivity contribution < 1.29 is 29.0 Å². The molecule has 0 aliphatic carbocycles. The van der Waals surface area contributed by atoms with Gasteiger partial charge in [0, 0.05) is 11.1 Å². The van der Waals surface area contributed by atoms with Crippen LogP contribution in [0.15, 0.2) is 91.3 Å². The van der Waals surface area contributed by atoms with Crippen molar-refractivity contribution in [2.45, 2.75) is 26.0 Å². The molecule has 10 heteroatoms. The summed E-state index contributed by atoms with van der Waals surface area (Å²) < 4.78 is 11.0. The van der Waals surface area contributed by atoms with Gasteiger partial charge in [-0.25, -0.2) is 19.6 Å². The predicted molar refractivity (Wildman–Crippen MR) is 148 cm³/mol. The van der Waals surface area contributed by atoms with Crippen LogP contribution in [0.2, 0.25) is 0 Å². The van der Waals surface area contributed by atoms with E-state index in [1.807, 2.05) is 36.4 Å². The highest BCUT2D eigenvalue weighted by Crippen LogP contribution is 2.28. The first-order valence-corrected chi connectivity index (χ1v) is 12.5. The molecule has 0 aliphatic rings. The molecular formula is C30H28N4O6. The molecule has 2 amide bonds. The molecular weight excluding hydrogens is 512 g/mol. The van der Waals surface area contributed by atoms with Crippen LogP contribution in [0.5, 0.6) is 5.75 Å². The lowest BCUT2D eigenvalue weighted by atomic mass is 10.1. The molecule has 0 spiro atoms. The Balaban J connectivity index is 1.44. The van der Waals surface area contributed by atoms with E-state index < -0.39 is 30.1 Å². The van der Waals surface area contributed by atoms with Crippen LogP contribution in [0.4, 0.5) is 10.5 Å². The molecule has 0 radical (unpaired) electrons. The van der Waals surface area contributed by atoms with Crippen LogP contribution in [-0.2, 0) is 9.53 Å². The van der Waals surface area contributed by atoms with Crippen molar-refractivity contribution in [3.05, 3.63) is 108 Å². The number of nitrogens with one attached hydrogen (secondary N) is 2. The van der Waals surface area contributed by atoms with Gasteiger partial charge in [-0.15, -0.1) is 0 Å². The van der Waals surface area contributed by atoms with Gasteiger partial charge in [0.1, 0.15) is 24.8 Å². The first kappa shape index (κ1) is 27.8. The van der Waals surface area contributed by atoms with Gasteiger partial charge in [-0.1, -0.05) is 60.7 Å². The number of carbonyl (C=O) groups is 3. The average Bonchev–Trinajstić information content (AvgIpc) is 2.97. The molecule has 4 rings (SSSR count). The second-order valence-corrected chi connectivity index (χ2v) is 8.83. The van der Waals surface area contributed by atoms with E-state index in [0.29, 0.717) is 28.4 Å². The number of hydrogen-bond acceptors (Lipinski definition) is 7. The summed E-state index contributed by atoms with van der Waals surface area (Å²) in [6, 6.07) is 23.2. The Morgan fingerprint density at radius 2 is 1.55 bits per heavy atom. The summed E-state index contributed by atoms with van der Waals surface area (Å²) in [6.45, 7) is 3.26. The lowest BCUT2D eigenvalue weighted by Crippen LogP contribution is -2.44. The molecule has 3 N–H and O–H groups in total. The van der Waals surface area contributed by atoms with Gasteiger partial charge in [-0.2, -0.15) is 0 Å². The molecule has 1 aromatic heterocycles. The number of para-hydroxylation sites is 1. The lowest BCUT2D eigenvalue weighted by molar-refractivity contribution is -0.140. The zero-order chi connectivity index (χ0) is 28.5. The topological polar surface area (TPSA) is 140 Å². The third kappa shape index (κ3) is 7.19. The molecule has 2 unspecified atom stereocenters. The van der Waals surface area contributed by atoms with Gasteiger partial charge in [0.25, 0.3) is 5.91 Å². The fraction of sp³-hybridized carbons (Fsp3) is 0.167. The highest BCUT2D eigenvalue weighted by Gasteiger charge is 2.22. The minimum absolute atomic E-state index is 0.239. The van der Waals surface area contributed by atoms with E-state index in [1.165, 1.54) is 6.33 Å². The Morgan fingerprint density at radius 3 is 2.20 bits per heavy atom. The maximum Gasteiger partial charge on any atom is 0.412 e. The zero-order valence-corrected chi connectivity index (χ0v) is 21.9. The zero-order valence-electron chi connectivity index (χ0n) is 21.9. The van der Waals surface area contributed by atoms with Crippen LogP contribution >= 0.6 is 0 Å². The summed E-state index contributed by atoms with van der Waals surface area (Å²) in [5.74, 6) is -1.30. The Morgan fingerprint density at radius 1 is 0.900 bits per heavy atom. The van der Waals surface area contributed by atoms with Crippen molar-refractivity contribution in [3.63, 3.8) is 0 Å². The third-order valence-corrected chi connectivity index (χ3v) is 6.00. The number of aliphatic carboxylic acids is 1. The van der Waals surface area contributed by atoms with Crippen LogP contribution < -0.4 is 15.4 Å². The highest BCUT2D eigenvalue weighted by molar-refractivity contribution is 5.97. The van der Waals surface area contributed by atoms with E-state index in [1.54, 1.807) is 62.4 Å². The number of nitrogens with zero attached hydrogens (tertiary/aromatic N) is 2. The number of carboxylic acids is 1. The number of aryl methyl sites for hydroxylation is 1. The van der Waals surface area contributed by atoms with E-state index in [0.717, 1.165) is 5.56 Å². The quantitative estimate of drug-likeness (QED) is 0.255. The van der Waals surface area contributed by atoms with Crippen molar-refractivity contribution in [1.29, 1.82) is 0 Å². The Hall–Kier alpha value is -5.25. The number of rotatable bonds is 10. The number of ether oxygens (including phenoxy) is 2. The second kappa shape index (κ2) is 13.0. The fourth-order valence-corrected chi connectivity index (χ4v) is 3.82. The number of carboxylic acid groups (broad SMARTS) is 1. The van der Waals surface area contributed by atoms with Gasteiger partial charge < -0.3 is 19.9 Å². The first-order chi connectivity index (χ1) is 19.3. The van der Waals surface area contributed by atoms with Crippen molar-refractivity contribution >= 4 is 23.7 Å². The van der Waals surface area contributed by atoms with Gasteiger partial charge in [0.2, 0.25) is 0 Å². The monoisotopic (exact) mass is 540 g/mol. The molecule has 10 nitrogen and oxygen atoms in total. The van der Waals surface area contributed by atoms with E-state index >= 15 is 0 Å². The molecule has 204 valence electrons. The smallest absolute Gasteiger partial charge is 0.412 e. The van der Waals surface area contributed by atoms with Crippen molar-refractivity contribution in [2.24, 2.45) is 0 Å². The van der Waals surface area contributed by atoms with Crippen LogP contribution in [-0.4, -0.2) is 45.7 Å². The summed E-state index contributed by atoms with van der Waals surface area (Å²) in [4.78, 5) is 45.6. The highest BCUT2D eigenvalue weighted by atomic mass is 16.6. The summed E-state index contributed by atoms with van der Waals surface area (Å²) in [5.41, 5.74) is 3.03. The van der Waals surface area contributed by atoms with E-state index in [4.69, 9.17) is 9.47 Å². The van der Waals surface area contributed by atoms with Crippen LogP contribution in [0, 0.1) is 6.92 Å². The first-order valence-electron chi connectivity index (χ1n) is 12.5. The number of amides is 2. The van der Waals surface area contributed by atoms with Crippen molar-refractivity contribution in [3.8, 4) is 17.0 Å². The molecule has 0 saturated carbocycles. The fourth-order valence-electron chi connectivity index (χ4n) is 3.82. The number of aromatic nitrogens is 2. The van der Waals surface area contributed by atoms with Gasteiger partial charge in [-0.05, 0) is 43.7 Å². The minimum atomic E-state index is -1.25. The minimum Gasteiger partial charge on any atom is -0.491 e. The van der Waals surface area contributed by atoms with Gasteiger partial charge in [0.15, 0.2) is 6.04 Å². The van der Waals surface area contributed by atoms with Gasteiger partial charge in [-0.3, -0.25) is 10.1 Å². The SMILES string of the molecule is Cc1ncnc(-c2ccc(C(=O)NC(COc3ccccc3)C(=O)O)cc2)c1NC(=O)OC(C)c1ccccc1. The summed E-state index contributed by atoms with van der Waals surface area (Å²) >= 11 is 0. The number of hydrogen-bond donors (Lipinski definition) is 3. The molecule has 40 heavy (non-hydrogen) atoms. The normalized spacial score (nSPS) is 12.1. The average molecular weight is 541 g/mol. The lowest BCUT2D eigenvalue weighted by Gasteiger charge is -2.17. The van der Waals surface area contributed by atoms with Crippen LogP contribution in [0.1, 0.15) is 34.6 Å². The number of benzene rings is 3. The molecule has 0 fully saturated rings. The molecule has 0 saturated heterocycles. The van der Waals surface area contributed by atoms with Crippen molar-refractivity contribution in [1.82, 2.24) is 15.3 Å². The maximum absolute atomic E-state index is 12.8. The van der Waals surface area contributed by atoms with E-state index in [2.05, 4.69) is 20.6 Å². The van der Waals surface area contributed by atoms with Crippen LogP contribution in [0.25, 0.3) is 11.3 Å². The molecule has 3 aromatic carbocycles. The predicted octanol–water partition coefficient (Wildman–Crippen LogP) is 5.02. The second-order valence-electron chi connectivity index (χ2n) is 8.83. The van der Waals surface area contributed by atoms with E-state index in [-0.39, 0.29) is 12.2 Å². The Bertz CT molecular complexity index is 1460. The molecule has 0 bridgehead atoms.